The van der Waals surface area contributed by atoms with Gasteiger partial charge in [0.25, 0.3) is 17.7 Å². The minimum Gasteiger partial charge on any atom is -0.452 e. The minimum atomic E-state index is -0.684. The predicted octanol–water partition coefficient (Wildman–Crippen LogP) is 1.97. The molecule has 0 aromatic heterocycles. The number of anilines is 1. The molecular weight excluding hydrogens is 348 g/mol. The Kier molecular flexibility index (Phi) is 5.69. The Balaban J connectivity index is 1.56. The Hall–Kier alpha value is -2.96. The molecule has 1 aliphatic carbocycles. The van der Waals surface area contributed by atoms with Crippen molar-refractivity contribution in [3.63, 3.8) is 0 Å². The van der Waals surface area contributed by atoms with Crippen LogP contribution in [0.5, 0.6) is 0 Å². The Morgan fingerprint density at radius 2 is 1.85 bits per heavy atom. The first-order chi connectivity index (χ1) is 13.0. The van der Waals surface area contributed by atoms with Gasteiger partial charge in [-0.1, -0.05) is 25.8 Å². The maximum Gasteiger partial charge on any atom is 0.338 e. The van der Waals surface area contributed by atoms with Crippen molar-refractivity contribution in [3.05, 3.63) is 42.0 Å². The molecule has 142 valence electrons. The molecule has 7 heteroatoms. The smallest absolute Gasteiger partial charge is 0.338 e. The van der Waals surface area contributed by atoms with Gasteiger partial charge in [-0.25, -0.2) is 9.69 Å². The number of carbonyl (C=O) groups excluding carboxylic acids is 4. The van der Waals surface area contributed by atoms with Crippen LogP contribution in [-0.2, 0) is 19.1 Å². The second kappa shape index (κ2) is 8.16. The van der Waals surface area contributed by atoms with E-state index in [1.165, 1.54) is 30.7 Å². The van der Waals surface area contributed by atoms with Crippen molar-refractivity contribution in [2.75, 3.05) is 11.5 Å². The number of ether oxygens (including phenoxy) is 1. The van der Waals surface area contributed by atoms with Crippen LogP contribution in [0.15, 0.2) is 36.4 Å². The van der Waals surface area contributed by atoms with Crippen molar-refractivity contribution in [1.29, 1.82) is 0 Å². The number of esters is 1. The van der Waals surface area contributed by atoms with E-state index in [2.05, 4.69) is 12.2 Å². The molecular formula is C20H22N2O5. The normalized spacial score (nSPS) is 22.0. The van der Waals surface area contributed by atoms with Crippen LogP contribution in [0.25, 0.3) is 0 Å². The number of amides is 3. The van der Waals surface area contributed by atoms with E-state index in [0.717, 1.165) is 24.2 Å². The van der Waals surface area contributed by atoms with Gasteiger partial charge < -0.3 is 10.1 Å². The van der Waals surface area contributed by atoms with E-state index >= 15 is 0 Å². The molecule has 0 radical (unpaired) electrons. The van der Waals surface area contributed by atoms with Gasteiger partial charge >= 0.3 is 5.97 Å². The number of benzene rings is 1. The summed E-state index contributed by atoms with van der Waals surface area (Å²) in [6.07, 6.45) is 6.63. The highest BCUT2D eigenvalue weighted by molar-refractivity contribution is 6.28. The molecule has 1 fully saturated rings. The largest absolute Gasteiger partial charge is 0.452 e. The number of imide groups is 1. The van der Waals surface area contributed by atoms with Gasteiger partial charge in [0.1, 0.15) is 0 Å². The number of hydrogen-bond donors (Lipinski definition) is 1. The molecule has 1 saturated carbocycles. The summed E-state index contributed by atoms with van der Waals surface area (Å²) in [5.74, 6) is -1.53. The summed E-state index contributed by atoms with van der Waals surface area (Å²) < 4.78 is 5.08. The lowest BCUT2D eigenvalue weighted by molar-refractivity contribution is -0.125. The topological polar surface area (TPSA) is 92.8 Å². The third-order valence-electron chi connectivity index (χ3n) is 4.94. The molecule has 3 rings (SSSR count). The molecule has 1 aliphatic heterocycles. The van der Waals surface area contributed by atoms with Crippen LogP contribution in [0.3, 0.4) is 0 Å². The maximum absolute atomic E-state index is 12.2. The Morgan fingerprint density at radius 3 is 2.56 bits per heavy atom. The standard InChI is InChI=1S/C20H22N2O5/c1-13-5-2-3-8-16(13)21-17(23)12-27-20(26)14-6-4-7-15(11-14)22-18(24)9-10-19(22)25/h4,6-7,9-11,13,16H,2-3,5,8,12H2,1H3,(H,21,23)/t13-,16+/m0/s1. The van der Waals surface area contributed by atoms with Crippen LogP contribution >= 0.6 is 0 Å². The van der Waals surface area contributed by atoms with E-state index in [0.29, 0.717) is 5.92 Å². The number of hydrogen-bond acceptors (Lipinski definition) is 5. The van der Waals surface area contributed by atoms with Gasteiger partial charge in [-0.3, -0.25) is 14.4 Å². The zero-order valence-corrected chi connectivity index (χ0v) is 15.1. The van der Waals surface area contributed by atoms with Crippen LogP contribution in [0, 0.1) is 5.92 Å². The Morgan fingerprint density at radius 1 is 1.15 bits per heavy atom. The van der Waals surface area contributed by atoms with Crippen LogP contribution < -0.4 is 10.2 Å². The first-order valence-corrected chi connectivity index (χ1v) is 9.08. The average molecular weight is 370 g/mol. The second-order valence-corrected chi connectivity index (χ2v) is 6.91. The summed E-state index contributed by atoms with van der Waals surface area (Å²) in [4.78, 5) is 48.7. The fraction of sp³-hybridized carbons (Fsp3) is 0.400. The zero-order valence-electron chi connectivity index (χ0n) is 15.1. The second-order valence-electron chi connectivity index (χ2n) is 6.91. The molecule has 27 heavy (non-hydrogen) atoms. The van der Waals surface area contributed by atoms with Crippen LogP contribution in [-0.4, -0.2) is 36.3 Å². The van der Waals surface area contributed by atoms with E-state index in [-0.39, 0.29) is 29.8 Å². The number of rotatable bonds is 5. The highest BCUT2D eigenvalue weighted by Gasteiger charge is 2.26. The van der Waals surface area contributed by atoms with Crippen molar-refractivity contribution in [3.8, 4) is 0 Å². The molecule has 0 spiro atoms. The summed E-state index contributed by atoms with van der Waals surface area (Å²) in [6.45, 7) is 1.74. The zero-order chi connectivity index (χ0) is 19.4. The van der Waals surface area contributed by atoms with Crippen molar-refractivity contribution >= 4 is 29.4 Å². The molecule has 3 amide bonds. The SMILES string of the molecule is C[C@H]1CCCC[C@H]1NC(=O)COC(=O)c1cccc(N2C(=O)C=CC2=O)c1. The fourth-order valence-corrected chi connectivity index (χ4v) is 3.42. The fourth-order valence-electron chi connectivity index (χ4n) is 3.42. The summed E-state index contributed by atoms with van der Waals surface area (Å²) in [6, 6.07) is 6.12. The first-order valence-electron chi connectivity index (χ1n) is 9.08. The third kappa shape index (κ3) is 4.42. The third-order valence-corrected chi connectivity index (χ3v) is 4.94. The van der Waals surface area contributed by atoms with Gasteiger partial charge in [0, 0.05) is 18.2 Å². The lowest BCUT2D eigenvalue weighted by Crippen LogP contribution is -2.42. The van der Waals surface area contributed by atoms with Crippen molar-refractivity contribution in [2.45, 2.75) is 38.6 Å². The molecule has 1 heterocycles. The van der Waals surface area contributed by atoms with Gasteiger partial charge in [0.15, 0.2) is 6.61 Å². The first kappa shape index (κ1) is 18.8. The average Bonchev–Trinajstić information content (AvgIpc) is 3.00. The van der Waals surface area contributed by atoms with Crippen LogP contribution in [0.1, 0.15) is 43.0 Å². The lowest BCUT2D eigenvalue weighted by Gasteiger charge is -2.29. The van der Waals surface area contributed by atoms with E-state index in [1.54, 1.807) is 12.1 Å². The van der Waals surface area contributed by atoms with Gasteiger partial charge in [-0.15, -0.1) is 0 Å². The van der Waals surface area contributed by atoms with Gasteiger partial charge in [0.2, 0.25) is 0 Å². The molecule has 2 atom stereocenters. The molecule has 7 nitrogen and oxygen atoms in total. The lowest BCUT2D eigenvalue weighted by atomic mass is 9.86. The number of carbonyl (C=O) groups is 4. The Bertz CT molecular complexity index is 783. The van der Waals surface area contributed by atoms with E-state index in [4.69, 9.17) is 4.74 Å². The highest BCUT2D eigenvalue weighted by Crippen LogP contribution is 2.24. The van der Waals surface area contributed by atoms with Gasteiger partial charge in [0.05, 0.1) is 11.3 Å². The van der Waals surface area contributed by atoms with Crippen LogP contribution in [0.4, 0.5) is 5.69 Å². The van der Waals surface area contributed by atoms with Crippen LogP contribution in [0.2, 0.25) is 0 Å². The van der Waals surface area contributed by atoms with Crippen molar-refractivity contribution < 1.29 is 23.9 Å². The Labute approximate surface area is 157 Å². The maximum atomic E-state index is 12.2. The molecule has 0 unspecified atom stereocenters. The highest BCUT2D eigenvalue weighted by atomic mass is 16.5. The van der Waals surface area contributed by atoms with Crippen molar-refractivity contribution in [1.82, 2.24) is 5.32 Å². The predicted molar refractivity (Wildman–Crippen MR) is 97.9 cm³/mol. The monoisotopic (exact) mass is 370 g/mol. The summed E-state index contributed by atoms with van der Waals surface area (Å²) in [5, 5.41) is 2.92. The molecule has 0 bridgehead atoms. The molecule has 1 aromatic carbocycles. The summed E-state index contributed by atoms with van der Waals surface area (Å²) in [5.41, 5.74) is 0.448. The molecule has 1 N–H and O–H groups in total. The summed E-state index contributed by atoms with van der Waals surface area (Å²) >= 11 is 0. The molecule has 0 saturated heterocycles. The minimum absolute atomic E-state index is 0.118. The van der Waals surface area contributed by atoms with E-state index in [1.807, 2.05) is 0 Å². The molecule has 2 aliphatic rings. The van der Waals surface area contributed by atoms with Gasteiger partial charge in [-0.2, -0.15) is 0 Å². The number of nitrogens with one attached hydrogen (secondary N) is 1. The van der Waals surface area contributed by atoms with Crippen molar-refractivity contribution in [2.24, 2.45) is 5.92 Å². The number of nitrogens with zero attached hydrogens (tertiary/aromatic N) is 1. The van der Waals surface area contributed by atoms with E-state index < -0.39 is 17.8 Å². The quantitative estimate of drug-likeness (QED) is 0.632. The van der Waals surface area contributed by atoms with Gasteiger partial charge in [-0.05, 0) is 37.0 Å². The summed E-state index contributed by atoms with van der Waals surface area (Å²) in [7, 11) is 0. The van der Waals surface area contributed by atoms with E-state index in [9.17, 15) is 19.2 Å². The molecule has 1 aromatic rings.